The SMILES string of the molecule is CC(=O)N1CCc2ccc(C(C)(C)O)cc21. The predicted molar refractivity (Wildman–Crippen MR) is 63.4 cm³/mol. The third-order valence-electron chi connectivity index (χ3n) is 3.07. The first-order valence-corrected chi connectivity index (χ1v) is 5.53. The number of nitrogens with zero attached hydrogens (tertiary/aromatic N) is 1. The van der Waals surface area contributed by atoms with Crippen LogP contribution in [-0.2, 0) is 16.8 Å². The minimum Gasteiger partial charge on any atom is -0.386 e. The molecule has 16 heavy (non-hydrogen) atoms. The zero-order valence-electron chi connectivity index (χ0n) is 9.95. The van der Waals surface area contributed by atoms with Gasteiger partial charge in [-0.05, 0) is 37.5 Å². The predicted octanol–water partition coefficient (Wildman–Crippen LogP) is 1.82. The van der Waals surface area contributed by atoms with Gasteiger partial charge in [-0.15, -0.1) is 0 Å². The van der Waals surface area contributed by atoms with Crippen LogP contribution in [0.25, 0.3) is 0 Å². The minimum absolute atomic E-state index is 0.0617. The molecule has 0 fully saturated rings. The minimum atomic E-state index is -0.861. The van der Waals surface area contributed by atoms with E-state index in [1.54, 1.807) is 25.7 Å². The number of hydrogen-bond donors (Lipinski definition) is 1. The Labute approximate surface area is 95.7 Å². The van der Waals surface area contributed by atoms with Crippen molar-refractivity contribution < 1.29 is 9.90 Å². The number of hydrogen-bond acceptors (Lipinski definition) is 2. The van der Waals surface area contributed by atoms with Gasteiger partial charge >= 0.3 is 0 Å². The highest BCUT2D eigenvalue weighted by atomic mass is 16.3. The highest BCUT2D eigenvalue weighted by Gasteiger charge is 2.25. The second kappa shape index (κ2) is 3.59. The lowest BCUT2D eigenvalue weighted by Crippen LogP contribution is -2.26. The van der Waals surface area contributed by atoms with Gasteiger partial charge in [0.15, 0.2) is 0 Å². The molecule has 0 aromatic heterocycles. The second-order valence-electron chi connectivity index (χ2n) is 4.82. The molecule has 3 heteroatoms. The summed E-state index contributed by atoms with van der Waals surface area (Å²) in [5.41, 5.74) is 2.12. The molecule has 3 nitrogen and oxygen atoms in total. The first-order valence-electron chi connectivity index (χ1n) is 5.53. The van der Waals surface area contributed by atoms with Gasteiger partial charge in [-0.1, -0.05) is 12.1 Å². The molecule has 0 bridgehead atoms. The van der Waals surface area contributed by atoms with E-state index in [4.69, 9.17) is 0 Å². The Balaban J connectivity index is 2.45. The van der Waals surface area contributed by atoms with Crippen molar-refractivity contribution in [3.8, 4) is 0 Å². The number of aliphatic hydroxyl groups is 1. The number of benzene rings is 1. The summed E-state index contributed by atoms with van der Waals surface area (Å²) < 4.78 is 0. The van der Waals surface area contributed by atoms with E-state index in [1.165, 1.54) is 5.56 Å². The summed E-state index contributed by atoms with van der Waals surface area (Å²) >= 11 is 0. The third-order valence-corrected chi connectivity index (χ3v) is 3.07. The Morgan fingerprint density at radius 3 is 2.69 bits per heavy atom. The van der Waals surface area contributed by atoms with Gasteiger partial charge in [-0.2, -0.15) is 0 Å². The van der Waals surface area contributed by atoms with Crippen LogP contribution < -0.4 is 4.90 Å². The van der Waals surface area contributed by atoms with Crippen molar-refractivity contribution in [1.82, 2.24) is 0 Å². The van der Waals surface area contributed by atoms with E-state index in [1.807, 2.05) is 18.2 Å². The Morgan fingerprint density at radius 2 is 2.12 bits per heavy atom. The van der Waals surface area contributed by atoms with Crippen molar-refractivity contribution >= 4 is 11.6 Å². The molecule has 0 spiro atoms. The molecule has 1 N–H and O–H groups in total. The number of carbonyl (C=O) groups is 1. The fourth-order valence-electron chi connectivity index (χ4n) is 2.09. The van der Waals surface area contributed by atoms with Gasteiger partial charge in [0.2, 0.25) is 5.91 Å². The Morgan fingerprint density at radius 1 is 1.44 bits per heavy atom. The van der Waals surface area contributed by atoms with E-state index in [-0.39, 0.29) is 5.91 Å². The number of rotatable bonds is 1. The van der Waals surface area contributed by atoms with E-state index in [2.05, 4.69) is 0 Å². The topological polar surface area (TPSA) is 40.5 Å². The molecule has 0 aliphatic carbocycles. The summed E-state index contributed by atoms with van der Waals surface area (Å²) in [5.74, 6) is 0.0617. The molecule has 0 radical (unpaired) electrons. The molecule has 1 aliphatic heterocycles. The van der Waals surface area contributed by atoms with Crippen molar-refractivity contribution in [2.75, 3.05) is 11.4 Å². The normalized spacial score (nSPS) is 15.1. The molecule has 0 atom stereocenters. The molecule has 2 rings (SSSR count). The maximum absolute atomic E-state index is 11.4. The van der Waals surface area contributed by atoms with Crippen LogP contribution in [-0.4, -0.2) is 17.6 Å². The van der Waals surface area contributed by atoms with E-state index >= 15 is 0 Å². The Hall–Kier alpha value is -1.35. The van der Waals surface area contributed by atoms with Crippen LogP contribution in [0, 0.1) is 0 Å². The molecule has 1 aromatic rings. The van der Waals surface area contributed by atoms with Gasteiger partial charge in [0.1, 0.15) is 0 Å². The molecule has 1 aromatic carbocycles. The summed E-state index contributed by atoms with van der Waals surface area (Å²) in [6, 6.07) is 5.86. The molecule has 1 amide bonds. The zero-order valence-corrected chi connectivity index (χ0v) is 9.95. The van der Waals surface area contributed by atoms with Gasteiger partial charge < -0.3 is 10.0 Å². The fraction of sp³-hybridized carbons (Fsp3) is 0.462. The number of fused-ring (bicyclic) bond motifs is 1. The second-order valence-corrected chi connectivity index (χ2v) is 4.82. The standard InChI is InChI=1S/C13H17NO2/c1-9(15)14-7-6-10-4-5-11(8-12(10)14)13(2,3)16/h4-5,8,16H,6-7H2,1-3H3. The Kier molecular flexibility index (Phi) is 2.50. The lowest BCUT2D eigenvalue weighted by atomic mass is 9.96. The van der Waals surface area contributed by atoms with E-state index in [0.29, 0.717) is 0 Å². The molecular weight excluding hydrogens is 202 g/mol. The summed E-state index contributed by atoms with van der Waals surface area (Å²) in [5, 5.41) is 9.94. The van der Waals surface area contributed by atoms with E-state index < -0.39 is 5.60 Å². The smallest absolute Gasteiger partial charge is 0.223 e. The molecule has 1 aliphatic rings. The number of carbonyl (C=O) groups excluding carboxylic acids is 1. The maximum atomic E-state index is 11.4. The van der Waals surface area contributed by atoms with Gasteiger partial charge in [0, 0.05) is 19.2 Å². The van der Waals surface area contributed by atoms with Crippen LogP contribution in [0.4, 0.5) is 5.69 Å². The monoisotopic (exact) mass is 219 g/mol. The summed E-state index contributed by atoms with van der Waals surface area (Å²) in [6.07, 6.45) is 0.904. The highest BCUT2D eigenvalue weighted by Crippen LogP contribution is 2.32. The maximum Gasteiger partial charge on any atom is 0.223 e. The largest absolute Gasteiger partial charge is 0.386 e. The van der Waals surface area contributed by atoms with Crippen LogP contribution in [0.3, 0.4) is 0 Å². The van der Waals surface area contributed by atoms with Crippen LogP contribution in [0.1, 0.15) is 31.9 Å². The average molecular weight is 219 g/mol. The number of amides is 1. The molecule has 1 heterocycles. The van der Waals surface area contributed by atoms with Gasteiger partial charge in [0.05, 0.1) is 5.60 Å². The zero-order chi connectivity index (χ0) is 11.9. The van der Waals surface area contributed by atoms with E-state index in [9.17, 15) is 9.90 Å². The van der Waals surface area contributed by atoms with Crippen LogP contribution in [0.5, 0.6) is 0 Å². The van der Waals surface area contributed by atoms with Crippen LogP contribution in [0.15, 0.2) is 18.2 Å². The molecule has 0 unspecified atom stereocenters. The summed E-state index contributed by atoms with van der Waals surface area (Å²) in [4.78, 5) is 13.2. The molecule has 0 saturated heterocycles. The molecule has 86 valence electrons. The lowest BCUT2D eigenvalue weighted by Gasteiger charge is -2.21. The number of anilines is 1. The summed E-state index contributed by atoms with van der Waals surface area (Å²) in [6.45, 7) is 5.83. The van der Waals surface area contributed by atoms with Crippen molar-refractivity contribution in [3.63, 3.8) is 0 Å². The summed E-state index contributed by atoms with van der Waals surface area (Å²) in [7, 11) is 0. The molecule has 0 saturated carbocycles. The molecular formula is C13H17NO2. The third kappa shape index (κ3) is 1.83. The average Bonchev–Trinajstić information content (AvgIpc) is 2.58. The van der Waals surface area contributed by atoms with Crippen molar-refractivity contribution in [1.29, 1.82) is 0 Å². The Bertz CT molecular complexity index is 432. The van der Waals surface area contributed by atoms with Crippen molar-refractivity contribution in [3.05, 3.63) is 29.3 Å². The fourth-order valence-corrected chi connectivity index (χ4v) is 2.09. The van der Waals surface area contributed by atoms with E-state index in [0.717, 1.165) is 24.2 Å². The van der Waals surface area contributed by atoms with Crippen molar-refractivity contribution in [2.24, 2.45) is 0 Å². The van der Waals surface area contributed by atoms with Gasteiger partial charge in [-0.25, -0.2) is 0 Å². The first-order chi connectivity index (χ1) is 7.39. The lowest BCUT2D eigenvalue weighted by molar-refractivity contribution is -0.116. The first kappa shape index (κ1) is 11.1. The van der Waals surface area contributed by atoms with Crippen LogP contribution >= 0.6 is 0 Å². The highest BCUT2D eigenvalue weighted by molar-refractivity contribution is 5.93. The van der Waals surface area contributed by atoms with Gasteiger partial charge in [0.25, 0.3) is 0 Å². The van der Waals surface area contributed by atoms with Gasteiger partial charge in [-0.3, -0.25) is 4.79 Å². The van der Waals surface area contributed by atoms with Crippen LogP contribution in [0.2, 0.25) is 0 Å². The van der Waals surface area contributed by atoms with Crippen molar-refractivity contribution in [2.45, 2.75) is 32.8 Å². The quantitative estimate of drug-likeness (QED) is 0.782.